The fourth-order valence-corrected chi connectivity index (χ4v) is 3.90. The van der Waals surface area contributed by atoms with Crippen LogP contribution in [0.15, 0.2) is 0 Å². The van der Waals surface area contributed by atoms with Crippen LogP contribution >= 0.6 is 0 Å². The molecule has 0 unspecified atom stereocenters. The Morgan fingerprint density at radius 1 is 0.947 bits per heavy atom. The first-order valence-electron chi connectivity index (χ1n) is 8.66. The maximum Gasteiger partial charge on any atom is 0.00103 e. The summed E-state index contributed by atoms with van der Waals surface area (Å²) in [5, 5.41) is 3.51. The van der Waals surface area contributed by atoms with Gasteiger partial charge in [-0.1, -0.05) is 33.1 Å². The van der Waals surface area contributed by atoms with Crippen LogP contribution in [0.3, 0.4) is 0 Å². The standard InChI is InChI=1S/C17H34N2/c1-16(2)18-12-6-7-13-19-14-10-17(11-15-19)8-4-3-5-9-17/h16,18H,3-15H2,1-2H3. The quantitative estimate of drug-likeness (QED) is 0.735. The van der Waals surface area contributed by atoms with Crippen LogP contribution in [0.25, 0.3) is 0 Å². The molecule has 1 spiro atoms. The largest absolute Gasteiger partial charge is 0.315 e. The highest BCUT2D eigenvalue weighted by Gasteiger charge is 2.35. The molecule has 0 aromatic heterocycles. The Morgan fingerprint density at radius 3 is 2.26 bits per heavy atom. The molecule has 0 aromatic rings. The molecule has 2 nitrogen and oxygen atoms in total. The van der Waals surface area contributed by atoms with Crippen LogP contribution < -0.4 is 5.32 Å². The molecule has 1 saturated carbocycles. The summed E-state index contributed by atoms with van der Waals surface area (Å²) in [6.45, 7) is 9.73. The minimum Gasteiger partial charge on any atom is -0.315 e. The summed E-state index contributed by atoms with van der Waals surface area (Å²) < 4.78 is 0. The number of nitrogens with one attached hydrogen (secondary N) is 1. The van der Waals surface area contributed by atoms with E-state index in [2.05, 4.69) is 24.1 Å². The van der Waals surface area contributed by atoms with E-state index < -0.39 is 0 Å². The van der Waals surface area contributed by atoms with Crippen LogP contribution in [0.5, 0.6) is 0 Å². The minimum atomic E-state index is 0.640. The maximum atomic E-state index is 3.51. The molecule has 0 amide bonds. The second-order valence-electron chi connectivity index (χ2n) is 7.22. The zero-order valence-electron chi connectivity index (χ0n) is 13.2. The normalized spacial score (nSPS) is 24.2. The van der Waals surface area contributed by atoms with E-state index in [-0.39, 0.29) is 0 Å². The lowest BCUT2D eigenvalue weighted by Crippen LogP contribution is -2.41. The van der Waals surface area contributed by atoms with Gasteiger partial charge >= 0.3 is 0 Å². The highest BCUT2D eigenvalue weighted by molar-refractivity contribution is 4.88. The Kier molecular flexibility index (Phi) is 6.15. The lowest BCUT2D eigenvalue weighted by molar-refractivity contribution is 0.0670. The molecular weight excluding hydrogens is 232 g/mol. The summed E-state index contributed by atoms with van der Waals surface area (Å²) in [6, 6.07) is 0.640. The van der Waals surface area contributed by atoms with Crippen molar-refractivity contribution in [3.05, 3.63) is 0 Å². The smallest absolute Gasteiger partial charge is 0.00103 e. The second kappa shape index (κ2) is 7.64. The third-order valence-corrected chi connectivity index (χ3v) is 5.28. The van der Waals surface area contributed by atoms with E-state index in [1.807, 2.05) is 0 Å². The predicted octanol–water partition coefficient (Wildman–Crippen LogP) is 3.81. The maximum absolute atomic E-state index is 3.51. The number of piperidine rings is 1. The van der Waals surface area contributed by atoms with Gasteiger partial charge in [0, 0.05) is 6.04 Å². The zero-order valence-corrected chi connectivity index (χ0v) is 13.2. The summed E-state index contributed by atoms with van der Waals surface area (Å²) in [5.74, 6) is 0. The van der Waals surface area contributed by atoms with E-state index in [1.54, 1.807) is 0 Å². The van der Waals surface area contributed by atoms with Crippen molar-refractivity contribution >= 4 is 0 Å². The topological polar surface area (TPSA) is 15.3 Å². The zero-order chi connectivity index (χ0) is 13.6. The fraction of sp³-hybridized carbons (Fsp3) is 1.00. The van der Waals surface area contributed by atoms with Gasteiger partial charge in [0.2, 0.25) is 0 Å². The summed E-state index contributed by atoms with van der Waals surface area (Å²) in [6.07, 6.45) is 13.2. The molecule has 0 atom stereocenters. The van der Waals surface area contributed by atoms with Crippen molar-refractivity contribution in [3.63, 3.8) is 0 Å². The molecule has 0 bridgehead atoms. The molecule has 1 heterocycles. The number of unbranched alkanes of at least 4 members (excludes halogenated alkanes) is 1. The molecule has 2 fully saturated rings. The third-order valence-electron chi connectivity index (χ3n) is 5.28. The average Bonchev–Trinajstić information content (AvgIpc) is 2.41. The van der Waals surface area contributed by atoms with Gasteiger partial charge in [0.1, 0.15) is 0 Å². The highest BCUT2D eigenvalue weighted by atomic mass is 15.1. The molecule has 19 heavy (non-hydrogen) atoms. The minimum absolute atomic E-state index is 0.640. The van der Waals surface area contributed by atoms with E-state index in [0.717, 1.165) is 5.41 Å². The van der Waals surface area contributed by atoms with Crippen molar-refractivity contribution < 1.29 is 0 Å². The molecule has 1 aliphatic carbocycles. The number of hydrogen-bond acceptors (Lipinski definition) is 2. The van der Waals surface area contributed by atoms with Crippen LogP contribution in [0.4, 0.5) is 0 Å². The first kappa shape index (κ1) is 15.3. The monoisotopic (exact) mass is 266 g/mol. The van der Waals surface area contributed by atoms with Gasteiger partial charge in [-0.25, -0.2) is 0 Å². The summed E-state index contributed by atoms with van der Waals surface area (Å²) >= 11 is 0. The summed E-state index contributed by atoms with van der Waals surface area (Å²) in [7, 11) is 0. The molecule has 1 aliphatic heterocycles. The Bertz CT molecular complexity index is 234. The summed E-state index contributed by atoms with van der Waals surface area (Å²) in [5.41, 5.74) is 0.772. The Balaban J connectivity index is 1.56. The first-order chi connectivity index (χ1) is 9.20. The van der Waals surface area contributed by atoms with E-state index in [1.165, 1.54) is 84.0 Å². The number of rotatable bonds is 6. The van der Waals surface area contributed by atoms with Crippen LogP contribution in [0, 0.1) is 5.41 Å². The Morgan fingerprint density at radius 2 is 1.63 bits per heavy atom. The summed E-state index contributed by atoms with van der Waals surface area (Å²) in [4.78, 5) is 2.72. The van der Waals surface area contributed by atoms with E-state index in [4.69, 9.17) is 0 Å². The number of hydrogen-bond donors (Lipinski definition) is 1. The molecule has 2 rings (SSSR count). The number of nitrogens with zero attached hydrogens (tertiary/aromatic N) is 1. The average molecular weight is 266 g/mol. The van der Waals surface area contributed by atoms with Gasteiger partial charge in [-0.3, -0.25) is 0 Å². The van der Waals surface area contributed by atoms with Gasteiger partial charge in [-0.2, -0.15) is 0 Å². The van der Waals surface area contributed by atoms with Gasteiger partial charge in [-0.05, 0) is 70.1 Å². The first-order valence-corrected chi connectivity index (χ1v) is 8.66. The van der Waals surface area contributed by atoms with E-state index >= 15 is 0 Å². The lowest BCUT2D eigenvalue weighted by Gasteiger charge is -2.44. The molecular formula is C17H34N2. The molecule has 2 heteroatoms. The molecule has 1 saturated heterocycles. The molecule has 0 radical (unpaired) electrons. The van der Waals surface area contributed by atoms with Gasteiger partial charge in [0.05, 0.1) is 0 Å². The van der Waals surface area contributed by atoms with Gasteiger partial charge in [0.15, 0.2) is 0 Å². The van der Waals surface area contributed by atoms with Crippen molar-refractivity contribution in [2.24, 2.45) is 5.41 Å². The van der Waals surface area contributed by atoms with Crippen molar-refractivity contribution in [1.82, 2.24) is 10.2 Å². The highest BCUT2D eigenvalue weighted by Crippen LogP contribution is 2.44. The molecule has 0 aromatic carbocycles. The van der Waals surface area contributed by atoms with E-state index in [9.17, 15) is 0 Å². The van der Waals surface area contributed by atoms with E-state index in [0.29, 0.717) is 6.04 Å². The van der Waals surface area contributed by atoms with Crippen molar-refractivity contribution in [2.75, 3.05) is 26.2 Å². The van der Waals surface area contributed by atoms with Crippen LogP contribution in [0.2, 0.25) is 0 Å². The third kappa shape index (κ3) is 5.07. The SMILES string of the molecule is CC(C)NCCCCN1CCC2(CCCCC2)CC1. The number of likely N-dealkylation sites (tertiary alicyclic amines) is 1. The van der Waals surface area contributed by atoms with Crippen molar-refractivity contribution in [3.8, 4) is 0 Å². The van der Waals surface area contributed by atoms with Gasteiger partial charge < -0.3 is 10.2 Å². The molecule has 1 N–H and O–H groups in total. The predicted molar refractivity (Wildman–Crippen MR) is 83.6 cm³/mol. The van der Waals surface area contributed by atoms with Crippen LogP contribution in [0.1, 0.15) is 71.6 Å². The van der Waals surface area contributed by atoms with Gasteiger partial charge in [0.25, 0.3) is 0 Å². The Labute approximate surface area is 120 Å². The molecule has 112 valence electrons. The van der Waals surface area contributed by atoms with Crippen LogP contribution in [-0.4, -0.2) is 37.1 Å². The molecule has 2 aliphatic rings. The van der Waals surface area contributed by atoms with Crippen molar-refractivity contribution in [2.45, 2.75) is 77.7 Å². The lowest BCUT2D eigenvalue weighted by atomic mass is 9.68. The fourth-order valence-electron chi connectivity index (χ4n) is 3.90. The van der Waals surface area contributed by atoms with Gasteiger partial charge in [-0.15, -0.1) is 0 Å². The Hall–Kier alpha value is -0.0800. The van der Waals surface area contributed by atoms with Crippen molar-refractivity contribution in [1.29, 1.82) is 0 Å². The van der Waals surface area contributed by atoms with Crippen LogP contribution in [-0.2, 0) is 0 Å². The second-order valence-corrected chi connectivity index (χ2v) is 7.22.